The van der Waals surface area contributed by atoms with Crippen LogP contribution in [0.15, 0.2) is 18.2 Å². The van der Waals surface area contributed by atoms with E-state index in [1.165, 1.54) is 6.07 Å². The van der Waals surface area contributed by atoms with E-state index in [4.69, 9.17) is 16.3 Å². The van der Waals surface area contributed by atoms with Gasteiger partial charge < -0.3 is 14.8 Å². The molecule has 0 aliphatic rings. The molecule has 1 aromatic rings. The number of hydrogen-bond acceptors (Lipinski definition) is 4. The number of carbonyl (C=O) groups excluding carboxylic acids is 1. The van der Waals surface area contributed by atoms with E-state index in [9.17, 15) is 18.0 Å². The van der Waals surface area contributed by atoms with Gasteiger partial charge in [-0.3, -0.25) is 0 Å². The number of anilines is 1. The minimum atomic E-state index is -4.43. The highest BCUT2D eigenvalue weighted by atomic mass is 35.5. The molecule has 0 aliphatic carbocycles. The lowest BCUT2D eigenvalue weighted by molar-refractivity contribution is -0.148. The van der Waals surface area contributed by atoms with Crippen LogP contribution in [0.2, 0.25) is 5.02 Å². The van der Waals surface area contributed by atoms with Crippen LogP contribution in [0.1, 0.15) is 12.5 Å². The van der Waals surface area contributed by atoms with Crippen LogP contribution in [0.3, 0.4) is 0 Å². The van der Waals surface area contributed by atoms with E-state index in [0.717, 1.165) is 12.1 Å². The van der Waals surface area contributed by atoms with Crippen LogP contribution in [0, 0.1) is 0 Å². The van der Waals surface area contributed by atoms with Crippen LogP contribution >= 0.6 is 11.6 Å². The number of esters is 1. The van der Waals surface area contributed by atoms with Crippen LogP contribution in [-0.2, 0) is 20.4 Å². The van der Waals surface area contributed by atoms with Gasteiger partial charge in [0.15, 0.2) is 0 Å². The summed E-state index contributed by atoms with van der Waals surface area (Å²) in [4.78, 5) is 11.0. The van der Waals surface area contributed by atoms with Crippen molar-refractivity contribution in [3.05, 3.63) is 28.8 Å². The van der Waals surface area contributed by atoms with Gasteiger partial charge in [-0.15, -0.1) is 0 Å². The van der Waals surface area contributed by atoms with E-state index in [-0.39, 0.29) is 24.8 Å². The molecule has 0 atom stereocenters. The van der Waals surface area contributed by atoms with Gasteiger partial charge in [0.25, 0.3) is 0 Å². The van der Waals surface area contributed by atoms with Crippen molar-refractivity contribution in [2.75, 3.05) is 31.7 Å². The third-order valence-electron chi connectivity index (χ3n) is 2.38. The van der Waals surface area contributed by atoms with Gasteiger partial charge in [0.05, 0.1) is 29.5 Å². The lowest BCUT2D eigenvalue weighted by Gasteiger charge is -2.11. The Hall–Kier alpha value is -1.47. The lowest BCUT2D eigenvalue weighted by atomic mass is 10.2. The molecule has 0 saturated carbocycles. The fourth-order valence-corrected chi connectivity index (χ4v) is 1.70. The van der Waals surface area contributed by atoms with E-state index in [1.54, 1.807) is 6.92 Å². The summed E-state index contributed by atoms with van der Waals surface area (Å²) >= 11 is 5.76. The first kappa shape index (κ1) is 17.6. The van der Waals surface area contributed by atoms with Crippen molar-refractivity contribution in [3.63, 3.8) is 0 Å². The van der Waals surface area contributed by atoms with Crippen LogP contribution < -0.4 is 5.32 Å². The third kappa shape index (κ3) is 6.22. The molecule has 0 aromatic heterocycles. The Bertz CT molecular complexity index is 480. The second-order valence-corrected chi connectivity index (χ2v) is 4.38. The topological polar surface area (TPSA) is 47.6 Å². The molecular weight excluding hydrogens is 311 g/mol. The molecule has 0 fully saturated rings. The zero-order valence-corrected chi connectivity index (χ0v) is 12.1. The Balaban J connectivity index is 2.38. The SMILES string of the molecule is CCOC(=O)COCCNc1ccc(C(F)(F)F)cc1Cl. The van der Waals surface area contributed by atoms with Crippen molar-refractivity contribution >= 4 is 23.3 Å². The average molecular weight is 326 g/mol. The van der Waals surface area contributed by atoms with Gasteiger partial charge in [0.2, 0.25) is 0 Å². The highest BCUT2D eigenvalue weighted by Crippen LogP contribution is 2.33. The molecule has 0 heterocycles. The molecule has 21 heavy (non-hydrogen) atoms. The molecule has 0 aliphatic heterocycles. The summed E-state index contributed by atoms with van der Waals surface area (Å²) in [7, 11) is 0. The third-order valence-corrected chi connectivity index (χ3v) is 2.70. The average Bonchev–Trinajstić information content (AvgIpc) is 2.39. The standard InChI is InChI=1S/C13H15ClF3NO3/c1-2-21-12(19)8-20-6-5-18-11-4-3-9(7-10(11)14)13(15,16)17/h3-4,7,18H,2,5-6,8H2,1H3. The van der Waals surface area contributed by atoms with Crippen molar-refractivity contribution in [1.29, 1.82) is 0 Å². The van der Waals surface area contributed by atoms with Crippen molar-refractivity contribution in [2.24, 2.45) is 0 Å². The molecule has 118 valence electrons. The fraction of sp³-hybridized carbons (Fsp3) is 0.462. The maximum Gasteiger partial charge on any atom is 0.416 e. The summed E-state index contributed by atoms with van der Waals surface area (Å²) in [6.45, 7) is 2.28. The van der Waals surface area contributed by atoms with Gasteiger partial charge in [0, 0.05) is 6.54 Å². The van der Waals surface area contributed by atoms with E-state index in [0.29, 0.717) is 12.2 Å². The normalized spacial score (nSPS) is 11.3. The van der Waals surface area contributed by atoms with Gasteiger partial charge >= 0.3 is 12.1 Å². The molecule has 0 bridgehead atoms. The number of ether oxygens (including phenoxy) is 2. The monoisotopic (exact) mass is 325 g/mol. The largest absolute Gasteiger partial charge is 0.464 e. The lowest BCUT2D eigenvalue weighted by Crippen LogP contribution is -2.16. The number of nitrogens with one attached hydrogen (secondary N) is 1. The van der Waals surface area contributed by atoms with Crippen LogP contribution in [0.4, 0.5) is 18.9 Å². The van der Waals surface area contributed by atoms with Crippen molar-refractivity contribution in [3.8, 4) is 0 Å². The van der Waals surface area contributed by atoms with Crippen LogP contribution in [0.25, 0.3) is 0 Å². The summed E-state index contributed by atoms with van der Waals surface area (Å²) < 4.78 is 47.0. The number of hydrogen-bond donors (Lipinski definition) is 1. The highest BCUT2D eigenvalue weighted by molar-refractivity contribution is 6.33. The van der Waals surface area contributed by atoms with E-state index < -0.39 is 17.7 Å². The summed E-state index contributed by atoms with van der Waals surface area (Å²) in [5, 5.41) is 2.79. The Morgan fingerprint density at radius 1 is 1.38 bits per heavy atom. The van der Waals surface area contributed by atoms with Gasteiger partial charge in [-0.05, 0) is 25.1 Å². The smallest absolute Gasteiger partial charge is 0.416 e. The van der Waals surface area contributed by atoms with E-state index in [1.807, 2.05) is 0 Å². The quantitative estimate of drug-likeness (QED) is 0.617. The maximum absolute atomic E-state index is 12.4. The number of halogens is 4. The second-order valence-electron chi connectivity index (χ2n) is 3.98. The Kier molecular flexibility index (Phi) is 6.77. The first-order valence-corrected chi connectivity index (χ1v) is 6.56. The van der Waals surface area contributed by atoms with Gasteiger partial charge in [-0.1, -0.05) is 11.6 Å². The predicted octanol–water partition coefficient (Wildman–Crippen LogP) is 3.35. The molecule has 1 aromatic carbocycles. The number of carbonyl (C=O) groups is 1. The minimum absolute atomic E-state index is 0.0322. The summed E-state index contributed by atoms with van der Waals surface area (Å²) in [5.74, 6) is -0.468. The zero-order chi connectivity index (χ0) is 15.9. The molecule has 0 saturated heterocycles. The molecule has 4 nitrogen and oxygen atoms in total. The number of rotatable bonds is 7. The molecule has 0 spiro atoms. The van der Waals surface area contributed by atoms with Gasteiger partial charge in [-0.25, -0.2) is 4.79 Å². The molecule has 0 unspecified atom stereocenters. The summed E-state index contributed by atoms with van der Waals surface area (Å²) in [6.07, 6.45) is -4.43. The van der Waals surface area contributed by atoms with Crippen LogP contribution in [0.5, 0.6) is 0 Å². The fourth-order valence-electron chi connectivity index (χ4n) is 1.45. The molecule has 0 amide bonds. The van der Waals surface area contributed by atoms with Gasteiger partial charge in [-0.2, -0.15) is 13.2 Å². The van der Waals surface area contributed by atoms with Crippen LogP contribution in [-0.4, -0.2) is 32.3 Å². The van der Waals surface area contributed by atoms with Crippen molar-refractivity contribution in [1.82, 2.24) is 0 Å². The molecule has 1 N–H and O–H groups in total. The molecule has 1 rings (SSSR count). The van der Waals surface area contributed by atoms with Crippen molar-refractivity contribution in [2.45, 2.75) is 13.1 Å². The summed E-state index contributed by atoms with van der Waals surface area (Å²) in [6, 6.07) is 3.04. The predicted molar refractivity (Wildman–Crippen MR) is 72.4 cm³/mol. The molecule has 8 heteroatoms. The minimum Gasteiger partial charge on any atom is -0.464 e. The van der Waals surface area contributed by atoms with E-state index >= 15 is 0 Å². The Morgan fingerprint density at radius 3 is 2.67 bits per heavy atom. The first-order valence-electron chi connectivity index (χ1n) is 6.18. The summed E-state index contributed by atoms with van der Waals surface area (Å²) in [5.41, 5.74) is -0.444. The first-order chi connectivity index (χ1) is 9.84. The second kappa shape index (κ2) is 8.09. The van der Waals surface area contributed by atoms with Gasteiger partial charge in [0.1, 0.15) is 6.61 Å². The molecule has 0 radical (unpaired) electrons. The molecular formula is C13H15ClF3NO3. The highest BCUT2D eigenvalue weighted by Gasteiger charge is 2.30. The van der Waals surface area contributed by atoms with E-state index in [2.05, 4.69) is 10.1 Å². The number of benzene rings is 1. The number of alkyl halides is 3. The van der Waals surface area contributed by atoms with Crippen molar-refractivity contribution < 1.29 is 27.4 Å². The zero-order valence-electron chi connectivity index (χ0n) is 11.3. The maximum atomic E-state index is 12.4. The Labute approximate surface area is 125 Å². The Morgan fingerprint density at radius 2 is 2.10 bits per heavy atom.